The van der Waals surface area contributed by atoms with Gasteiger partial charge in [0.25, 0.3) is 0 Å². The number of aryl methyl sites for hydroxylation is 4. The zero-order chi connectivity index (χ0) is 48.0. The highest BCUT2D eigenvalue weighted by Crippen LogP contribution is 2.44. The van der Waals surface area contributed by atoms with Crippen molar-refractivity contribution >= 4 is 0 Å². The van der Waals surface area contributed by atoms with Gasteiger partial charge >= 0.3 is 0 Å². The summed E-state index contributed by atoms with van der Waals surface area (Å²) in [6.45, 7) is 5.35. The Kier molecular flexibility index (Phi) is 11.2. The van der Waals surface area contributed by atoms with Crippen LogP contribution >= 0.6 is 0 Å². The molecule has 338 valence electrons. The van der Waals surface area contributed by atoms with Gasteiger partial charge in [-0.05, 0) is 157 Å². The number of fused-ring (bicyclic) bond motifs is 3. The van der Waals surface area contributed by atoms with Gasteiger partial charge in [-0.3, -0.25) is 0 Å². The van der Waals surface area contributed by atoms with Crippen LogP contribution in [0.1, 0.15) is 16.7 Å². The van der Waals surface area contributed by atoms with Gasteiger partial charge in [0.05, 0.1) is 5.56 Å². The number of hydrogen-bond donors (Lipinski definition) is 0. The summed E-state index contributed by atoms with van der Waals surface area (Å²) in [5.74, 6) is 0. The van der Waals surface area contributed by atoms with Crippen molar-refractivity contribution in [1.29, 1.82) is 0 Å². The van der Waals surface area contributed by atoms with Crippen LogP contribution in [-0.2, 0) is 20.6 Å². The standard InChI is InChI=1S/C68H54N3/c1-46-38-50(28-31-57(46)66-26-14-16-35-69(66)3)59-20-8-11-23-62(59)53-41-54(43-55(42-53)64-25-13-10-22-61(64)52-30-33-65-56(40-52)45-71-36-17-15-27-67(65)71)63-24-12-9-21-60(63)51-29-32-58(47(2)39-51)68-44-49(34-37-70(68)4)48-18-6-5-7-19-48/h5-44H,45H2,1-4H3/q+3. The lowest BCUT2D eigenvalue weighted by Gasteiger charge is -2.18. The van der Waals surface area contributed by atoms with E-state index in [1.54, 1.807) is 0 Å². The average Bonchev–Trinajstić information content (AvgIpc) is 3.79. The van der Waals surface area contributed by atoms with E-state index in [0.717, 1.165) is 6.54 Å². The Hall–Kier alpha value is -8.79. The Bertz CT molecular complexity index is 3840. The Morgan fingerprint density at radius 1 is 0.268 bits per heavy atom. The molecule has 0 atom stereocenters. The SMILES string of the molecule is Cc1cc(-c2ccccc2-c2cc(-c3ccccc3-c3ccc(-c4cc(-c5ccccc5)cc[n+]4C)c(C)c3)cc(-c3ccccc3-c3ccc4c(c3)C[n+]3ccccc3-4)c2)ccc1-c1cccc[n+]1C. The molecule has 0 saturated heterocycles. The van der Waals surface area contributed by atoms with Crippen LogP contribution in [0.3, 0.4) is 0 Å². The van der Waals surface area contributed by atoms with E-state index in [2.05, 4.69) is 285 Å². The van der Waals surface area contributed by atoms with E-state index >= 15 is 0 Å². The van der Waals surface area contributed by atoms with Gasteiger partial charge in [-0.25, -0.2) is 9.13 Å². The van der Waals surface area contributed by atoms with E-state index in [1.807, 2.05) is 0 Å². The third-order valence-corrected chi connectivity index (χ3v) is 14.6. The van der Waals surface area contributed by atoms with Gasteiger partial charge in [0.15, 0.2) is 25.1 Å². The molecule has 0 amide bonds. The van der Waals surface area contributed by atoms with Crippen molar-refractivity contribution in [1.82, 2.24) is 0 Å². The van der Waals surface area contributed by atoms with E-state index in [9.17, 15) is 0 Å². The Balaban J connectivity index is 1.00. The lowest BCUT2D eigenvalue weighted by atomic mass is 9.85. The molecule has 11 aromatic rings. The molecule has 3 aromatic heterocycles. The fraction of sp³-hybridized carbons (Fsp3) is 0.0735. The van der Waals surface area contributed by atoms with E-state index < -0.39 is 0 Å². The van der Waals surface area contributed by atoms with Gasteiger partial charge in [-0.15, -0.1) is 0 Å². The molecular formula is C68H54N3+3. The van der Waals surface area contributed by atoms with Crippen LogP contribution in [0.15, 0.2) is 243 Å². The molecule has 12 rings (SSSR count). The van der Waals surface area contributed by atoms with E-state index in [4.69, 9.17) is 0 Å². The molecule has 0 unspecified atom stereocenters. The van der Waals surface area contributed by atoms with Crippen molar-refractivity contribution in [3.8, 4) is 112 Å². The smallest absolute Gasteiger partial charge is 0.201 e. The Morgan fingerprint density at radius 3 is 1.24 bits per heavy atom. The maximum atomic E-state index is 2.41. The molecule has 4 heterocycles. The van der Waals surface area contributed by atoms with Gasteiger partial charge < -0.3 is 0 Å². The molecule has 1 aliphatic heterocycles. The first-order chi connectivity index (χ1) is 34.8. The predicted molar refractivity (Wildman–Crippen MR) is 292 cm³/mol. The van der Waals surface area contributed by atoms with E-state index in [-0.39, 0.29) is 0 Å². The van der Waals surface area contributed by atoms with Gasteiger partial charge in [-0.1, -0.05) is 133 Å². The number of benzene rings is 8. The Labute approximate surface area is 417 Å². The number of pyridine rings is 3. The molecule has 0 aliphatic carbocycles. The van der Waals surface area contributed by atoms with Crippen molar-refractivity contribution in [2.24, 2.45) is 14.1 Å². The zero-order valence-electron chi connectivity index (χ0n) is 40.6. The van der Waals surface area contributed by atoms with Crippen molar-refractivity contribution in [2.75, 3.05) is 0 Å². The second-order valence-corrected chi connectivity index (χ2v) is 19.1. The summed E-state index contributed by atoms with van der Waals surface area (Å²) in [6, 6.07) is 83.0. The minimum Gasteiger partial charge on any atom is -0.201 e. The van der Waals surface area contributed by atoms with Gasteiger partial charge in [-0.2, -0.15) is 4.57 Å². The fourth-order valence-electron chi connectivity index (χ4n) is 10.9. The number of nitrogens with zero attached hydrogens (tertiary/aromatic N) is 3. The van der Waals surface area contributed by atoms with Crippen LogP contribution in [0.5, 0.6) is 0 Å². The highest BCUT2D eigenvalue weighted by atomic mass is 15.0. The largest absolute Gasteiger partial charge is 0.213 e. The lowest BCUT2D eigenvalue weighted by molar-refractivity contribution is -0.672. The molecule has 0 bridgehead atoms. The molecule has 0 fully saturated rings. The highest BCUT2D eigenvalue weighted by molar-refractivity contribution is 5.95. The third-order valence-electron chi connectivity index (χ3n) is 14.6. The van der Waals surface area contributed by atoms with Crippen molar-refractivity contribution in [3.63, 3.8) is 0 Å². The van der Waals surface area contributed by atoms with Crippen LogP contribution in [-0.4, -0.2) is 0 Å². The normalized spacial score (nSPS) is 11.6. The monoisotopic (exact) mass is 912 g/mol. The van der Waals surface area contributed by atoms with Crippen molar-refractivity contribution in [2.45, 2.75) is 20.4 Å². The summed E-state index contributed by atoms with van der Waals surface area (Å²) in [7, 11) is 4.25. The first-order valence-electron chi connectivity index (χ1n) is 24.6. The molecule has 3 nitrogen and oxygen atoms in total. The number of hydrogen-bond acceptors (Lipinski definition) is 0. The maximum absolute atomic E-state index is 2.41. The highest BCUT2D eigenvalue weighted by Gasteiger charge is 2.26. The quantitative estimate of drug-likeness (QED) is 0.128. The molecule has 8 aromatic carbocycles. The molecular weight excluding hydrogens is 859 g/mol. The lowest BCUT2D eigenvalue weighted by Crippen LogP contribution is -2.31. The van der Waals surface area contributed by atoms with E-state index in [0.29, 0.717) is 0 Å². The Morgan fingerprint density at radius 2 is 0.704 bits per heavy atom. The first-order valence-corrected chi connectivity index (χ1v) is 24.6. The average molecular weight is 913 g/mol. The maximum Gasteiger partial charge on any atom is 0.213 e. The van der Waals surface area contributed by atoms with Crippen LogP contribution in [0.2, 0.25) is 0 Å². The number of rotatable bonds is 9. The molecule has 71 heavy (non-hydrogen) atoms. The van der Waals surface area contributed by atoms with Gasteiger partial charge in [0.1, 0.15) is 14.1 Å². The molecule has 0 spiro atoms. The zero-order valence-corrected chi connectivity index (χ0v) is 40.6. The van der Waals surface area contributed by atoms with E-state index in [1.165, 1.54) is 128 Å². The predicted octanol–water partition coefficient (Wildman–Crippen LogP) is 15.3. The summed E-state index contributed by atoms with van der Waals surface area (Å²) in [5.41, 5.74) is 28.0. The van der Waals surface area contributed by atoms with Crippen LogP contribution in [0.4, 0.5) is 0 Å². The molecule has 3 heteroatoms. The molecule has 0 N–H and O–H groups in total. The van der Waals surface area contributed by atoms with Crippen molar-refractivity contribution < 1.29 is 13.7 Å². The van der Waals surface area contributed by atoms with Crippen molar-refractivity contribution in [3.05, 3.63) is 260 Å². The second kappa shape index (κ2) is 18.3. The minimum atomic E-state index is 0.873. The number of aromatic nitrogens is 3. The molecule has 0 radical (unpaired) electrons. The van der Waals surface area contributed by atoms with Gasteiger partial charge in [0.2, 0.25) is 17.1 Å². The summed E-state index contributed by atoms with van der Waals surface area (Å²) in [5, 5.41) is 0. The summed E-state index contributed by atoms with van der Waals surface area (Å²) < 4.78 is 6.77. The van der Waals surface area contributed by atoms with Crippen LogP contribution < -0.4 is 13.7 Å². The molecule has 1 aliphatic rings. The van der Waals surface area contributed by atoms with Crippen LogP contribution in [0, 0.1) is 13.8 Å². The third kappa shape index (κ3) is 8.16. The topological polar surface area (TPSA) is 11.6 Å². The molecule has 0 saturated carbocycles. The minimum absolute atomic E-state index is 0.873. The first kappa shape index (κ1) is 43.5. The van der Waals surface area contributed by atoms with Gasteiger partial charge in [0, 0.05) is 53.1 Å². The summed E-state index contributed by atoms with van der Waals surface area (Å²) >= 11 is 0. The fourth-order valence-corrected chi connectivity index (χ4v) is 10.9. The van der Waals surface area contributed by atoms with Crippen LogP contribution in [0.25, 0.3) is 112 Å². The summed E-state index contributed by atoms with van der Waals surface area (Å²) in [6.07, 6.45) is 6.47. The summed E-state index contributed by atoms with van der Waals surface area (Å²) in [4.78, 5) is 0. The second-order valence-electron chi connectivity index (χ2n) is 19.1.